The van der Waals surface area contributed by atoms with Crippen LogP contribution < -0.4 is 0 Å². The van der Waals surface area contributed by atoms with Crippen molar-refractivity contribution < 1.29 is 18.4 Å². The Morgan fingerprint density at radius 1 is 1.38 bits per heavy atom. The van der Waals surface area contributed by atoms with Gasteiger partial charge in [0.15, 0.2) is 21.6 Å². The SMILES string of the molecule is Cc1c(COC(=O)c2c(Cl)nc3sccn23)noc1-c1ccc(F)cc1. The van der Waals surface area contributed by atoms with Gasteiger partial charge in [-0.1, -0.05) is 16.8 Å². The van der Waals surface area contributed by atoms with E-state index in [1.165, 1.54) is 23.5 Å². The van der Waals surface area contributed by atoms with Crippen molar-refractivity contribution in [2.24, 2.45) is 0 Å². The monoisotopic (exact) mass is 391 g/mol. The van der Waals surface area contributed by atoms with Gasteiger partial charge in [-0.15, -0.1) is 11.3 Å². The van der Waals surface area contributed by atoms with Crippen LogP contribution in [0.2, 0.25) is 5.15 Å². The third kappa shape index (κ3) is 2.87. The highest BCUT2D eigenvalue weighted by atomic mass is 35.5. The summed E-state index contributed by atoms with van der Waals surface area (Å²) in [5, 5.41) is 5.83. The van der Waals surface area contributed by atoms with Crippen LogP contribution in [0.1, 0.15) is 21.7 Å². The number of rotatable bonds is 4. The average Bonchev–Trinajstić information content (AvgIpc) is 3.28. The quantitative estimate of drug-likeness (QED) is 0.479. The number of esters is 1. The molecule has 0 radical (unpaired) electrons. The molecule has 0 fully saturated rings. The van der Waals surface area contributed by atoms with Gasteiger partial charge in [0.2, 0.25) is 0 Å². The standard InChI is InChI=1S/C17H11ClFN3O3S/c1-9-12(21-25-14(9)10-2-4-11(19)5-3-10)8-24-16(23)13-15(18)20-17-22(13)6-7-26-17/h2-7H,8H2,1H3. The molecule has 0 atom stereocenters. The minimum atomic E-state index is -0.605. The van der Waals surface area contributed by atoms with E-state index in [2.05, 4.69) is 10.1 Å². The number of nitrogens with zero attached hydrogens (tertiary/aromatic N) is 3. The zero-order valence-electron chi connectivity index (χ0n) is 13.4. The van der Waals surface area contributed by atoms with E-state index in [-0.39, 0.29) is 23.3 Å². The molecule has 4 rings (SSSR count). The van der Waals surface area contributed by atoms with Crippen LogP contribution in [0.3, 0.4) is 0 Å². The Labute approximate surface area is 155 Å². The van der Waals surface area contributed by atoms with Crippen LogP contribution in [-0.4, -0.2) is 20.5 Å². The lowest BCUT2D eigenvalue weighted by atomic mass is 10.1. The normalized spacial score (nSPS) is 11.2. The highest BCUT2D eigenvalue weighted by molar-refractivity contribution is 7.15. The van der Waals surface area contributed by atoms with Crippen LogP contribution in [0.15, 0.2) is 40.4 Å². The number of aromatic nitrogens is 3. The fourth-order valence-corrected chi connectivity index (χ4v) is 3.53. The van der Waals surface area contributed by atoms with Gasteiger partial charge in [-0.3, -0.25) is 4.40 Å². The Bertz CT molecular complexity index is 1100. The highest BCUT2D eigenvalue weighted by Gasteiger charge is 2.22. The lowest BCUT2D eigenvalue weighted by Gasteiger charge is -2.03. The molecule has 3 heterocycles. The first kappa shape index (κ1) is 16.7. The predicted octanol–water partition coefficient (Wildman–Crippen LogP) is 4.51. The van der Waals surface area contributed by atoms with Crippen molar-refractivity contribution in [3.05, 3.63) is 63.8 Å². The third-order valence-corrected chi connectivity index (χ3v) is 4.90. The number of hydrogen-bond acceptors (Lipinski definition) is 6. The molecular weight excluding hydrogens is 381 g/mol. The van der Waals surface area contributed by atoms with Gasteiger partial charge in [0.25, 0.3) is 0 Å². The largest absolute Gasteiger partial charge is 0.454 e. The van der Waals surface area contributed by atoms with Gasteiger partial charge in [-0.25, -0.2) is 14.2 Å². The minimum Gasteiger partial charge on any atom is -0.454 e. The predicted molar refractivity (Wildman–Crippen MR) is 93.8 cm³/mol. The molecule has 26 heavy (non-hydrogen) atoms. The molecule has 0 aliphatic rings. The molecule has 3 aromatic heterocycles. The topological polar surface area (TPSA) is 69.6 Å². The second kappa shape index (κ2) is 6.54. The summed E-state index contributed by atoms with van der Waals surface area (Å²) in [5.74, 6) is -0.442. The molecule has 0 aliphatic carbocycles. The Kier molecular flexibility index (Phi) is 4.21. The van der Waals surface area contributed by atoms with Crippen LogP contribution in [0, 0.1) is 12.7 Å². The average molecular weight is 392 g/mol. The molecule has 0 saturated heterocycles. The summed E-state index contributed by atoms with van der Waals surface area (Å²) in [6.45, 7) is 1.71. The van der Waals surface area contributed by atoms with Crippen molar-refractivity contribution in [3.8, 4) is 11.3 Å². The van der Waals surface area contributed by atoms with Crippen molar-refractivity contribution in [2.75, 3.05) is 0 Å². The van der Waals surface area contributed by atoms with Crippen LogP contribution in [-0.2, 0) is 11.3 Å². The van der Waals surface area contributed by atoms with Crippen LogP contribution in [0.5, 0.6) is 0 Å². The zero-order valence-corrected chi connectivity index (χ0v) is 15.0. The minimum absolute atomic E-state index is 0.0803. The van der Waals surface area contributed by atoms with Crippen LogP contribution in [0.4, 0.5) is 4.39 Å². The van der Waals surface area contributed by atoms with Crippen molar-refractivity contribution in [1.29, 1.82) is 0 Å². The Morgan fingerprint density at radius 3 is 2.92 bits per heavy atom. The summed E-state index contributed by atoms with van der Waals surface area (Å²) in [4.78, 5) is 17.1. The van der Waals surface area contributed by atoms with Crippen LogP contribution >= 0.6 is 22.9 Å². The van der Waals surface area contributed by atoms with E-state index in [9.17, 15) is 9.18 Å². The van der Waals surface area contributed by atoms with Gasteiger partial charge in [0.05, 0.1) is 0 Å². The highest BCUT2D eigenvalue weighted by Crippen LogP contribution is 2.27. The molecule has 132 valence electrons. The lowest BCUT2D eigenvalue weighted by Crippen LogP contribution is -2.09. The first-order valence-corrected chi connectivity index (χ1v) is 8.79. The molecule has 0 aliphatic heterocycles. The second-order valence-electron chi connectivity index (χ2n) is 5.47. The maximum absolute atomic E-state index is 13.1. The van der Waals surface area contributed by atoms with Gasteiger partial charge < -0.3 is 9.26 Å². The Balaban J connectivity index is 1.53. The van der Waals surface area contributed by atoms with Crippen molar-refractivity contribution >= 4 is 33.9 Å². The molecule has 9 heteroatoms. The van der Waals surface area contributed by atoms with Crippen LogP contribution in [0.25, 0.3) is 16.3 Å². The molecule has 0 N–H and O–H groups in total. The fourth-order valence-electron chi connectivity index (χ4n) is 2.52. The van der Waals surface area contributed by atoms with E-state index in [4.69, 9.17) is 20.9 Å². The van der Waals surface area contributed by atoms with E-state index in [0.29, 0.717) is 27.5 Å². The van der Waals surface area contributed by atoms with E-state index in [0.717, 1.165) is 0 Å². The molecular formula is C17H11ClFN3O3S. The molecule has 4 aromatic rings. The van der Waals surface area contributed by atoms with E-state index in [1.807, 2.05) is 0 Å². The maximum Gasteiger partial charge on any atom is 0.359 e. The summed E-state index contributed by atoms with van der Waals surface area (Å²) >= 11 is 7.39. The fraction of sp³-hybridized carbons (Fsp3) is 0.118. The molecule has 6 nitrogen and oxygen atoms in total. The second-order valence-corrected chi connectivity index (χ2v) is 6.70. The van der Waals surface area contributed by atoms with E-state index < -0.39 is 5.97 Å². The number of benzene rings is 1. The summed E-state index contributed by atoms with van der Waals surface area (Å²) in [6.07, 6.45) is 1.70. The number of thiazole rings is 1. The van der Waals surface area contributed by atoms with Gasteiger partial charge in [-0.05, 0) is 31.2 Å². The van der Waals surface area contributed by atoms with Gasteiger partial charge in [0.1, 0.15) is 18.1 Å². The Hall–Kier alpha value is -2.71. The number of imidazole rings is 1. The third-order valence-electron chi connectivity index (χ3n) is 3.88. The van der Waals surface area contributed by atoms with Crippen molar-refractivity contribution in [2.45, 2.75) is 13.5 Å². The number of halogens is 2. The number of hydrogen-bond donors (Lipinski definition) is 0. The number of carbonyl (C=O) groups is 1. The molecule has 0 unspecified atom stereocenters. The first-order chi connectivity index (χ1) is 12.5. The van der Waals surface area contributed by atoms with Crippen molar-refractivity contribution in [1.82, 2.24) is 14.5 Å². The molecule has 0 saturated carbocycles. The Morgan fingerprint density at radius 2 is 2.15 bits per heavy atom. The van der Waals surface area contributed by atoms with E-state index in [1.54, 1.807) is 35.0 Å². The van der Waals surface area contributed by atoms with Gasteiger partial charge >= 0.3 is 5.97 Å². The molecule has 0 spiro atoms. The number of carbonyl (C=O) groups excluding carboxylic acids is 1. The summed E-state index contributed by atoms with van der Waals surface area (Å²) < 4.78 is 25.3. The molecule has 1 aromatic carbocycles. The zero-order chi connectivity index (χ0) is 18.3. The molecule has 0 bridgehead atoms. The summed E-state index contributed by atoms with van der Waals surface area (Å²) in [7, 11) is 0. The van der Waals surface area contributed by atoms with E-state index >= 15 is 0 Å². The summed E-state index contributed by atoms with van der Waals surface area (Å²) in [5.41, 5.74) is 2.04. The van der Waals surface area contributed by atoms with Gasteiger partial charge in [0, 0.05) is 22.7 Å². The number of fused-ring (bicyclic) bond motifs is 1. The number of ether oxygens (including phenoxy) is 1. The smallest absolute Gasteiger partial charge is 0.359 e. The van der Waals surface area contributed by atoms with Gasteiger partial charge in [-0.2, -0.15) is 0 Å². The first-order valence-electron chi connectivity index (χ1n) is 7.54. The molecule has 0 amide bonds. The lowest BCUT2D eigenvalue weighted by molar-refractivity contribution is 0.0456. The van der Waals surface area contributed by atoms with Crippen molar-refractivity contribution in [3.63, 3.8) is 0 Å². The maximum atomic E-state index is 13.1. The summed E-state index contributed by atoms with van der Waals surface area (Å²) in [6, 6.07) is 5.87.